The van der Waals surface area contributed by atoms with Crippen LogP contribution in [0.3, 0.4) is 0 Å². The van der Waals surface area contributed by atoms with Gasteiger partial charge in [-0.1, -0.05) is 0 Å². The van der Waals surface area contributed by atoms with Gasteiger partial charge in [-0.2, -0.15) is 0 Å². The van der Waals surface area contributed by atoms with Crippen LogP contribution in [0.15, 0.2) is 22.3 Å². The predicted octanol–water partition coefficient (Wildman–Crippen LogP) is 0.966. The Bertz CT molecular complexity index is 140. The third-order valence-corrected chi connectivity index (χ3v) is 3.71. The van der Waals surface area contributed by atoms with Crippen LogP contribution in [0.5, 0.6) is 0 Å². The van der Waals surface area contributed by atoms with Gasteiger partial charge in [-0.15, -0.1) is 0 Å². The van der Waals surface area contributed by atoms with Gasteiger partial charge in [0.25, 0.3) is 0 Å². The van der Waals surface area contributed by atoms with Gasteiger partial charge in [0, 0.05) is 0 Å². The third kappa shape index (κ3) is 1.26. The van der Waals surface area contributed by atoms with Crippen molar-refractivity contribution in [2.24, 2.45) is 0 Å². The van der Waals surface area contributed by atoms with Crippen LogP contribution in [0.25, 0.3) is 0 Å². The number of rotatable bonds is 1. The van der Waals surface area contributed by atoms with Gasteiger partial charge in [0.2, 0.25) is 0 Å². The molecule has 0 amide bonds. The van der Waals surface area contributed by atoms with E-state index in [1.165, 1.54) is 0 Å². The molecule has 1 rings (SSSR count). The zero-order valence-electron chi connectivity index (χ0n) is 4.31. The minimum absolute atomic E-state index is 0.0698. The van der Waals surface area contributed by atoms with Crippen molar-refractivity contribution in [1.82, 2.24) is 0 Å². The van der Waals surface area contributed by atoms with E-state index < -0.39 is 0 Å². The molecule has 0 saturated heterocycles. The molecule has 0 saturated carbocycles. The first kappa shape index (κ1) is 5.29. The molecule has 35 valence electrons. The van der Waals surface area contributed by atoms with Gasteiger partial charge in [-0.3, -0.25) is 0 Å². The second-order valence-corrected chi connectivity index (χ2v) is 4.86. The summed E-state index contributed by atoms with van der Waals surface area (Å²) in [5.41, 5.74) is 0. The van der Waals surface area contributed by atoms with E-state index in [1.54, 1.807) is 3.52 Å². The molecule has 0 aromatic carbocycles. The molecule has 0 aromatic rings. The van der Waals surface area contributed by atoms with Gasteiger partial charge in [0.05, 0.1) is 0 Å². The summed E-state index contributed by atoms with van der Waals surface area (Å²) in [5, 5.41) is 0. The van der Waals surface area contributed by atoms with Gasteiger partial charge in [0.1, 0.15) is 0 Å². The molecule has 0 bridgehead atoms. The van der Waals surface area contributed by atoms with Crippen LogP contribution in [0, 0.1) is 0 Å². The van der Waals surface area contributed by atoms with Crippen molar-refractivity contribution in [3.8, 4) is 0 Å². The Morgan fingerprint density at radius 2 is 2.43 bits per heavy atom. The van der Waals surface area contributed by atoms with Gasteiger partial charge in [-0.25, -0.2) is 0 Å². The SMILES string of the molecule is CC=C[C]1=[Sn][CH]=C1. The summed E-state index contributed by atoms with van der Waals surface area (Å²) < 4.78 is 3.95. The fourth-order valence-corrected chi connectivity index (χ4v) is 2.24. The average molecular weight is 198 g/mol. The summed E-state index contributed by atoms with van der Waals surface area (Å²) in [7, 11) is 0. The molecular formula is C6H7Sn. The van der Waals surface area contributed by atoms with E-state index in [1.807, 2.05) is 0 Å². The maximum atomic E-state index is 2.33. The number of allylic oxidation sites excluding steroid dienone is 3. The molecule has 1 radical (unpaired) electrons. The van der Waals surface area contributed by atoms with Crippen molar-refractivity contribution >= 4 is 24.2 Å². The minimum atomic E-state index is -0.0698. The monoisotopic (exact) mass is 199 g/mol. The van der Waals surface area contributed by atoms with Crippen LogP contribution in [-0.4, -0.2) is 24.2 Å². The Hall–Kier alpha value is 0.149. The molecule has 1 aliphatic rings. The van der Waals surface area contributed by atoms with E-state index in [0.717, 1.165) is 0 Å². The van der Waals surface area contributed by atoms with Gasteiger partial charge in [-0.05, 0) is 0 Å². The maximum absolute atomic E-state index is 2.33. The third-order valence-electron chi connectivity index (χ3n) is 0.859. The fraction of sp³-hybridized carbons (Fsp3) is 0.167. The van der Waals surface area contributed by atoms with Crippen molar-refractivity contribution in [2.75, 3.05) is 0 Å². The van der Waals surface area contributed by atoms with E-state index in [0.29, 0.717) is 0 Å². The Labute approximate surface area is 53.6 Å². The first-order chi connectivity index (χ1) is 3.43. The molecule has 0 unspecified atom stereocenters. The molecule has 7 heavy (non-hydrogen) atoms. The molecule has 1 heteroatoms. The molecule has 0 fully saturated rings. The Balaban J connectivity index is 2.44. The Kier molecular flexibility index (Phi) is 1.85. The molecular weight excluding hydrogens is 191 g/mol. The molecule has 0 aromatic heterocycles. The Morgan fingerprint density at radius 1 is 1.71 bits per heavy atom. The molecule has 0 nitrogen and oxygen atoms in total. The van der Waals surface area contributed by atoms with E-state index >= 15 is 0 Å². The average Bonchev–Trinajstić information content (AvgIpc) is 1.55. The zero-order chi connectivity index (χ0) is 5.11. The second kappa shape index (κ2) is 2.45. The van der Waals surface area contributed by atoms with E-state index in [-0.39, 0.29) is 20.7 Å². The summed E-state index contributed by atoms with van der Waals surface area (Å²) >= 11 is -0.0698. The van der Waals surface area contributed by atoms with Crippen LogP contribution in [0.1, 0.15) is 6.92 Å². The van der Waals surface area contributed by atoms with Crippen LogP contribution in [0.4, 0.5) is 0 Å². The first-order valence-electron chi connectivity index (χ1n) is 2.36. The normalized spacial score (nSPS) is 17.0. The van der Waals surface area contributed by atoms with E-state index in [9.17, 15) is 0 Å². The van der Waals surface area contributed by atoms with Crippen molar-refractivity contribution in [3.05, 3.63) is 22.3 Å². The van der Waals surface area contributed by atoms with Gasteiger partial charge >= 0.3 is 53.4 Å². The number of hydrogen-bond acceptors (Lipinski definition) is 0. The van der Waals surface area contributed by atoms with E-state index in [4.69, 9.17) is 0 Å². The van der Waals surface area contributed by atoms with Gasteiger partial charge < -0.3 is 0 Å². The number of hydrogen-bond donors (Lipinski definition) is 0. The standard InChI is InChI=1S/C6H7.Sn/c1-3-5-6-4-2;/h1,3-4,6H,2H3;. The summed E-state index contributed by atoms with van der Waals surface area (Å²) in [6, 6.07) is 0. The van der Waals surface area contributed by atoms with Crippen LogP contribution in [-0.2, 0) is 0 Å². The molecule has 1 heterocycles. The van der Waals surface area contributed by atoms with Crippen molar-refractivity contribution < 1.29 is 0 Å². The summed E-state index contributed by atoms with van der Waals surface area (Å²) in [6.07, 6.45) is 6.54. The van der Waals surface area contributed by atoms with Crippen LogP contribution >= 0.6 is 0 Å². The Morgan fingerprint density at radius 3 is 2.57 bits per heavy atom. The van der Waals surface area contributed by atoms with Crippen LogP contribution < -0.4 is 0 Å². The topological polar surface area (TPSA) is 0 Å². The quantitative estimate of drug-likeness (QED) is 0.550. The summed E-state index contributed by atoms with van der Waals surface area (Å²) in [5.74, 6) is 0. The molecule has 0 atom stereocenters. The van der Waals surface area contributed by atoms with Crippen LogP contribution in [0.2, 0.25) is 0 Å². The summed E-state index contributed by atoms with van der Waals surface area (Å²) in [4.78, 5) is 0. The van der Waals surface area contributed by atoms with Crippen molar-refractivity contribution in [2.45, 2.75) is 6.92 Å². The second-order valence-electron chi connectivity index (χ2n) is 1.43. The predicted molar refractivity (Wildman–Crippen MR) is 34.7 cm³/mol. The first-order valence-corrected chi connectivity index (χ1v) is 5.43. The molecule has 0 N–H and O–H groups in total. The van der Waals surface area contributed by atoms with Crippen molar-refractivity contribution in [3.63, 3.8) is 0 Å². The molecule has 1 aliphatic heterocycles. The van der Waals surface area contributed by atoms with Gasteiger partial charge in [0.15, 0.2) is 0 Å². The molecule has 0 spiro atoms. The molecule has 0 aliphatic carbocycles. The fourth-order valence-electron chi connectivity index (χ4n) is 0.463. The van der Waals surface area contributed by atoms with Crippen molar-refractivity contribution in [1.29, 1.82) is 0 Å². The zero-order valence-corrected chi connectivity index (χ0v) is 7.16. The van der Waals surface area contributed by atoms with E-state index in [2.05, 4.69) is 29.2 Å². The summed E-state index contributed by atoms with van der Waals surface area (Å²) in [6.45, 7) is 2.07.